The smallest absolute Gasteiger partial charge is 0.0649 e. The lowest BCUT2D eigenvalue weighted by atomic mass is 10.1. The van der Waals surface area contributed by atoms with Gasteiger partial charge < -0.3 is 5.11 Å². The topological polar surface area (TPSA) is 38.0 Å². The van der Waals surface area contributed by atoms with Gasteiger partial charge >= 0.3 is 0 Å². The Labute approximate surface area is 101 Å². The van der Waals surface area contributed by atoms with Gasteiger partial charge in [0.2, 0.25) is 0 Å². The third-order valence-corrected chi connectivity index (χ3v) is 3.25. The van der Waals surface area contributed by atoms with E-state index in [-0.39, 0.29) is 6.61 Å². The van der Waals surface area contributed by atoms with Crippen LogP contribution < -0.4 is 0 Å². The number of aliphatic hydroxyl groups is 1. The molecular formula is C14H16N2O. The first-order chi connectivity index (χ1) is 8.38. The lowest BCUT2D eigenvalue weighted by Crippen LogP contribution is -2.01. The van der Waals surface area contributed by atoms with Crippen molar-refractivity contribution >= 4 is 0 Å². The molecule has 1 saturated carbocycles. The molecule has 0 radical (unpaired) electrons. The summed E-state index contributed by atoms with van der Waals surface area (Å²) in [5.74, 6) is 0.703. The molecular weight excluding hydrogens is 212 g/mol. The molecule has 1 fully saturated rings. The molecule has 0 spiro atoms. The minimum Gasteiger partial charge on any atom is -0.396 e. The van der Waals surface area contributed by atoms with Gasteiger partial charge in [0.1, 0.15) is 0 Å². The van der Waals surface area contributed by atoms with E-state index in [1.807, 2.05) is 10.9 Å². The molecule has 0 atom stereocenters. The molecule has 0 saturated heterocycles. The van der Waals surface area contributed by atoms with Gasteiger partial charge in [-0.1, -0.05) is 12.1 Å². The highest BCUT2D eigenvalue weighted by atomic mass is 16.2. The summed E-state index contributed by atoms with van der Waals surface area (Å²) in [7, 11) is 0. The molecule has 1 aliphatic rings. The van der Waals surface area contributed by atoms with E-state index in [2.05, 4.69) is 35.4 Å². The van der Waals surface area contributed by atoms with E-state index >= 15 is 0 Å². The highest BCUT2D eigenvalue weighted by molar-refractivity contribution is 5.36. The van der Waals surface area contributed by atoms with Crippen molar-refractivity contribution in [3.8, 4) is 5.69 Å². The van der Waals surface area contributed by atoms with E-state index < -0.39 is 0 Å². The fourth-order valence-electron chi connectivity index (χ4n) is 2.15. The minimum atomic E-state index is 0.203. The summed E-state index contributed by atoms with van der Waals surface area (Å²) in [5.41, 5.74) is 3.59. The van der Waals surface area contributed by atoms with E-state index in [4.69, 9.17) is 5.11 Å². The summed E-state index contributed by atoms with van der Waals surface area (Å²) in [6, 6.07) is 10.4. The number of aromatic nitrogens is 2. The van der Waals surface area contributed by atoms with Crippen LogP contribution in [0, 0.1) is 0 Å². The average molecular weight is 228 g/mol. The molecule has 88 valence electrons. The molecule has 2 aromatic rings. The number of hydrogen-bond acceptors (Lipinski definition) is 2. The van der Waals surface area contributed by atoms with Crippen molar-refractivity contribution in [2.75, 3.05) is 6.61 Å². The first kappa shape index (κ1) is 10.5. The van der Waals surface area contributed by atoms with Crippen molar-refractivity contribution in [3.05, 3.63) is 47.8 Å². The normalized spacial score (nSPS) is 15.1. The highest BCUT2D eigenvalue weighted by Crippen LogP contribution is 2.40. The molecule has 1 heterocycles. The van der Waals surface area contributed by atoms with E-state index in [1.165, 1.54) is 18.5 Å². The summed E-state index contributed by atoms with van der Waals surface area (Å²) < 4.78 is 2.03. The summed E-state index contributed by atoms with van der Waals surface area (Å²) >= 11 is 0. The molecule has 1 aliphatic carbocycles. The lowest BCUT2D eigenvalue weighted by molar-refractivity contribution is 0.299. The van der Waals surface area contributed by atoms with E-state index in [0.29, 0.717) is 5.92 Å². The van der Waals surface area contributed by atoms with Gasteiger partial charge in [0.25, 0.3) is 0 Å². The van der Waals surface area contributed by atoms with Gasteiger partial charge in [0, 0.05) is 24.4 Å². The monoisotopic (exact) mass is 228 g/mol. The third kappa shape index (κ3) is 2.11. The number of rotatable bonds is 4. The minimum absolute atomic E-state index is 0.203. The maximum Gasteiger partial charge on any atom is 0.0649 e. The Morgan fingerprint density at radius 2 is 1.94 bits per heavy atom. The van der Waals surface area contributed by atoms with E-state index in [1.54, 1.807) is 0 Å². The quantitative estimate of drug-likeness (QED) is 0.871. The van der Waals surface area contributed by atoms with Crippen LogP contribution in [-0.2, 0) is 6.42 Å². The zero-order chi connectivity index (χ0) is 11.7. The molecule has 1 aromatic heterocycles. The van der Waals surface area contributed by atoms with Crippen LogP contribution in [0.3, 0.4) is 0 Å². The lowest BCUT2D eigenvalue weighted by Gasteiger charge is -2.07. The fourth-order valence-corrected chi connectivity index (χ4v) is 2.15. The van der Waals surface area contributed by atoms with Crippen LogP contribution in [0.15, 0.2) is 36.5 Å². The predicted octanol–water partition coefficient (Wildman–Crippen LogP) is 2.28. The fraction of sp³-hybridized carbons (Fsp3) is 0.357. The number of aliphatic hydroxyl groups excluding tert-OH is 1. The van der Waals surface area contributed by atoms with Crippen LogP contribution in [-0.4, -0.2) is 21.5 Å². The summed E-state index contributed by atoms with van der Waals surface area (Å²) in [6.07, 6.45) is 5.16. The van der Waals surface area contributed by atoms with Crippen LogP contribution in [0.4, 0.5) is 0 Å². The van der Waals surface area contributed by atoms with Crippen molar-refractivity contribution < 1.29 is 5.11 Å². The standard InChI is InChI=1S/C14H16N2O/c17-10-8-11-1-5-13(6-2-11)16-14(7-9-15-16)12-3-4-12/h1-2,5-7,9,12,17H,3-4,8,10H2. The van der Waals surface area contributed by atoms with Gasteiger partial charge in [-0.15, -0.1) is 0 Å². The molecule has 0 amide bonds. The van der Waals surface area contributed by atoms with Crippen LogP contribution in [0.5, 0.6) is 0 Å². The summed E-state index contributed by atoms with van der Waals surface area (Å²) in [4.78, 5) is 0. The van der Waals surface area contributed by atoms with Gasteiger partial charge in [0.15, 0.2) is 0 Å². The maximum atomic E-state index is 8.88. The Bertz CT molecular complexity index is 497. The zero-order valence-electron chi connectivity index (χ0n) is 9.71. The van der Waals surface area contributed by atoms with Crippen molar-refractivity contribution in [2.45, 2.75) is 25.2 Å². The Balaban J connectivity index is 1.89. The summed E-state index contributed by atoms with van der Waals surface area (Å²) in [5, 5.41) is 13.3. The van der Waals surface area contributed by atoms with Crippen molar-refractivity contribution in [3.63, 3.8) is 0 Å². The van der Waals surface area contributed by atoms with Gasteiger partial charge in [0.05, 0.1) is 5.69 Å². The van der Waals surface area contributed by atoms with Gasteiger partial charge in [-0.3, -0.25) is 0 Å². The molecule has 1 aromatic carbocycles. The number of nitrogens with zero attached hydrogens (tertiary/aromatic N) is 2. The molecule has 1 N–H and O–H groups in total. The summed E-state index contributed by atoms with van der Waals surface area (Å²) in [6.45, 7) is 0.203. The second-order valence-corrected chi connectivity index (χ2v) is 4.58. The van der Waals surface area contributed by atoms with Gasteiger partial charge in [-0.25, -0.2) is 4.68 Å². The zero-order valence-corrected chi connectivity index (χ0v) is 9.71. The second kappa shape index (κ2) is 4.34. The maximum absolute atomic E-state index is 8.88. The van der Waals surface area contributed by atoms with Crippen molar-refractivity contribution in [1.29, 1.82) is 0 Å². The molecule has 0 aliphatic heterocycles. The first-order valence-corrected chi connectivity index (χ1v) is 6.12. The van der Waals surface area contributed by atoms with E-state index in [9.17, 15) is 0 Å². The number of hydrogen-bond donors (Lipinski definition) is 1. The number of benzene rings is 1. The third-order valence-electron chi connectivity index (χ3n) is 3.25. The molecule has 3 nitrogen and oxygen atoms in total. The Morgan fingerprint density at radius 1 is 1.18 bits per heavy atom. The van der Waals surface area contributed by atoms with Crippen LogP contribution in [0.1, 0.15) is 30.0 Å². The van der Waals surface area contributed by atoms with Gasteiger partial charge in [-0.05, 0) is 43.0 Å². The van der Waals surface area contributed by atoms with Crippen LogP contribution >= 0.6 is 0 Å². The highest BCUT2D eigenvalue weighted by Gasteiger charge is 2.27. The molecule has 0 unspecified atom stereocenters. The van der Waals surface area contributed by atoms with Crippen LogP contribution in [0.2, 0.25) is 0 Å². The van der Waals surface area contributed by atoms with Crippen molar-refractivity contribution in [2.24, 2.45) is 0 Å². The Kier molecular flexibility index (Phi) is 2.69. The molecule has 3 heteroatoms. The Morgan fingerprint density at radius 3 is 2.59 bits per heavy atom. The second-order valence-electron chi connectivity index (χ2n) is 4.58. The Hall–Kier alpha value is -1.61. The first-order valence-electron chi connectivity index (χ1n) is 6.12. The van der Waals surface area contributed by atoms with Crippen LogP contribution in [0.25, 0.3) is 5.69 Å². The molecule has 0 bridgehead atoms. The molecule has 17 heavy (non-hydrogen) atoms. The van der Waals surface area contributed by atoms with Crippen molar-refractivity contribution in [1.82, 2.24) is 9.78 Å². The molecule has 3 rings (SSSR count). The van der Waals surface area contributed by atoms with E-state index in [0.717, 1.165) is 17.7 Å². The average Bonchev–Trinajstić information content (AvgIpc) is 3.09. The SMILES string of the molecule is OCCc1ccc(-n2nccc2C2CC2)cc1. The largest absolute Gasteiger partial charge is 0.396 e. The predicted molar refractivity (Wildman–Crippen MR) is 66.3 cm³/mol. The van der Waals surface area contributed by atoms with Gasteiger partial charge in [-0.2, -0.15) is 5.10 Å².